The number of ether oxygens (including phenoxy) is 1. The zero-order valence-corrected chi connectivity index (χ0v) is 14.4. The molecule has 0 heterocycles. The molecule has 5 heteroatoms. The van der Waals surface area contributed by atoms with Crippen LogP contribution >= 0.6 is 0 Å². The first kappa shape index (κ1) is 17.2. The summed E-state index contributed by atoms with van der Waals surface area (Å²) in [6, 6.07) is 15.7. The fourth-order valence-electron chi connectivity index (χ4n) is 1.86. The average molecular weight is 331 g/mol. The van der Waals surface area contributed by atoms with Crippen LogP contribution in [0.1, 0.15) is 25.0 Å². The fraction of sp³-hybridized carbons (Fsp3) is 0.278. The SMILES string of the molecule is Cc1ccc(S(=O)(=O)N=C(OCC(C)C)c2ccccc2)cc1. The highest BCUT2D eigenvalue weighted by molar-refractivity contribution is 7.90. The first-order valence-electron chi connectivity index (χ1n) is 7.48. The molecule has 0 amide bonds. The zero-order chi connectivity index (χ0) is 16.9. The fourth-order valence-corrected chi connectivity index (χ4v) is 2.82. The molecule has 0 atom stereocenters. The number of rotatable bonds is 5. The van der Waals surface area contributed by atoms with Gasteiger partial charge < -0.3 is 4.74 Å². The van der Waals surface area contributed by atoms with Gasteiger partial charge in [-0.15, -0.1) is 4.40 Å². The summed E-state index contributed by atoms with van der Waals surface area (Å²) in [5.74, 6) is 0.394. The number of hydrogen-bond donors (Lipinski definition) is 0. The highest BCUT2D eigenvalue weighted by Crippen LogP contribution is 2.16. The van der Waals surface area contributed by atoms with E-state index in [0.29, 0.717) is 12.2 Å². The molecular formula is C18H21NO3S. The molecule has 0 N–H and O–H groups in total. The van der Waals surface area contributed by atoms with E-state index >= 15 is 0 Å². The predicted octanol–water partition coefficient (Wildman–Crippen LogP) is 3.80. The van der Waals surface area contributed by atoms with Crippen LogP contribution in [0.5, 0.6) is 0 Å². The van der Waals surface area contributed by atoms with Crippen molar-refractivity contribution in [3.8, 4) is 0 Å². The van der Waals surface area contributed by atoms with Crippen molar-refractivity contribution in [3.63, 3.8) is 0 Å². The van der Waals surface area contributed by atoms with Crippen LogP contribution in [0, 0.1) is 12.8 Å². The van der Waals surface area contributed by atoms with E-state index in [1.165, 1.54) is 0 Å². The number of benzene rings is 2. The van der Waals surface area contributed by atoms with Gasteiger partial charge in [0.05, 0.1) is 11.5 Å². The van der Waals surface area contributed by atoms with E-state index < -0.39 is 10.0 Å². The lowest BCUT2D eigenvalue weighted by molar-refractivity contribution is 0.260. The highest BCUT2D eigenvalue weighted by Gasteiger charge is 2.16. The molecule has 2 aromatic carbocycles. The topological polar surface area (TPSA) is 55.7 Å². The molecule has 0 spiro atoms. The Morgan fingerprint density at radius 3 is 2.22 bits per heavy atom. The van der Waals surface area contributed by atoms with Crippen molar-refractivity contribution < 1.29 is 13.2 Å². The predicted molar refractivity (Wildman–Crippen MR) is 92.1 cm³/mol. The molecule has 23 heavy (non-hydrogen) atoms. The second-order valence-corrected chi connectivity index (χ2v) is 7.36. The molecule has 0 aliphatic carbocycles. The molecule has 2 rings (SSSR count). The Morgan fingerprint density at radius 2 is 1.65 bits per heavy atom. The van der Waals surface area contributed by atoms with Crippen molar-refractivity contribution in [2.75, 3.05) is 6.61 Å². The van der Waals surface area contributed by atoms with Crippen LogP contribution in [-0.2, 0) is 14.8 Å². The average Bonchev–Trinajstić information content (AvgIpc) is 2.52. The summed E-state index contributed by atoms with van der Waals surface area (Å²) in [6.07, 6.45) is 0. The van der Waals surface area contributed by atoms with Crippen LogP contribution in [0.25, 0.3) is 0 Å². The minimum atomic E-state index is -3.81. The molecule has 0 radical (unpaired) electrons. The molecular weight excluding hydrogens is 310 g/mol. The largest absolute Gasteiger partial charge is 0.476 e. The van der Waals surface area contributed by atoms with E-state index in [-0.39, 0.29) is 16.7 Å². The Bertz CT molecular complexity index is 764. The van der Waals surface area contributed by atoms with Gasteiger partial charge in [-0.25, -0.2) is 0 Å². The summed E-state index contributed by atoms with van der Waals surface area (Å²) in [7, 11) is -3.81. The lowest BCUT2D eigenvalue weighted by Crippen LogP contribution is -2.14. The zero-order valence-electron chi connectivity index (χ0n) is 13.6. The molecule has 2 aromatic rings. The third kappa shape index (κ3) is 4.93. The Hall–Kier alpha value is -2.14. The van der Waals surface area contributed by atoms with Gasteiger partial charge in [-0.3, -0.25) is 0 Å². The van der Waals surface area contributed by atoms with E-state index in [4.69, 9.17) is 4.74 Å². The lowest BCUT2D eigenvalue weighted by Gasteiger charge is -2.11. The van der Waals surface area contributed by atoms with Gasteiger partial charge in [-0.1, -0.05) is 49.7 Å². The van der Waals surface area contributed by atoms with Gasteiger partial charge in [-0.2, -0.15) is 8.42 Å². The third-order valence-corrected chi connectivity index (χ3v) is 4.37. The molecule has 0 aliphatic heterocycles. The van der Waals surface area contributed by atoms with Gasteiger partial charge in [0.15, 0.2) is 0 Å². The number of sulfonamides is 1. The minimum Gasteiger partial charge on any atom is -0.476 e. The quantitative estimate of drug-likeness (QED) is 0.618. The van der Waals surface area contributed by atoms with Crippen LogP contribution in [0.2, 0.25) is 0 Å². The molecule has 0 fully saturated rings. The first-order valence-corrected chi connectivity index (χ1v) is 8.92. The van der Waals surface area contributed by atoms with E-state index in [1.807, 2.05) is 39.0 Å². The summed E-state index contributed by atoms with van der Waals surface area (Å²) >= 11 is 0. The second kappa shape index (κ2) is 7.42. The number of nitrogens with zero attached hydrogens (tertiary/aromatic N) is 1. The van der Waals surface area contributed by atoms with Crippen LogP contribution < -0.4 is 0 Å². The molecule has 0 unspecified atom stereocenters. The maximum atomic E-state index is 12.5. The Kier molecular flexibility index (Phi) is 5.55. The van der Waals surface area contributed by atoms with Crippen molar-refractivity contribution in [1.82, 2.24) is 0 Å². The molecule has 0 saturated carbocycles. The van der Waals surface area contributed by atoms with Gasteiger partial charge in [0.25, 0.3) is 10.0 Å². The van der Waals surface area contributed by atoms with Crippen molar-refractivity contribution in [1.29, 1.82) is 0 Å². The number of aryl methyl sites for hydroxylation is 1. The standard InChI is InChI=1S/C18H21NO3S/c1-14(2)13-22-18(16-7-5-4-6-8-16)19-23(20,21)17-11-9-15(3)10-12-17/h4-12,14H,13H2,1-3H3. The minimum absolute atomic E-state index is 0.125. The molecule has 0 saturated heterocycles. The van der Waals surface area contributed by atoms with Gasteiger partial charge in [0.1, 0.15) is 0 Å². The monoisotopic (exact) mass is 331 g/mol. The van der Waals surface area contributed by atoms with E-state index in [1.54, 1.807) is 36.4 Å². The molecule has 122 valence electrons. The summed E-state index contributed by atoms with van der Waals surface area (Å²) in [4.78, 5) is 0.157. The van der Waals surface area contributed by atoms with E-state index in [2.05, 4.69) is 4.40 Å². The Labute approximate surface area is 137 Å². The van der Waals surface area contributed by atoms with E-state index in [9.17, 15) is 8.42 Å². The smallest absolute Gasteiger partial charge is 0.285 e. The second-order valence-electron chi connectivity index (χ2n) is 5.76. The summed E-state index contributed by atoms with van der Waals surface area (Å²) in [6.45, 7) is 6.30. The van der Waals surface area contributed by atoms with Gasteiger partial charge in [-0.05, 0) is 37.1 Å². The summed E-state index contributed by atoms with van der Waals surface area (Å²) < 4.78 is 34.6. The number of hydrogen-bond acceptors (Lipinski definition) is 3. The van der Waals surface area contributed by atoms with Crippen molar-refractivity contribution in [3.05, 3.63) is 65.7 Å². The molecule has 0 bridgehead atoms. The molecule has 0 aliphatic rings. The Morgan fingerprint density at radius 1 is 1.04 bits per heavy atom. The molecule has 0 aromatic heterocycles. The Balaban J connectivity index is 2.40. The van der Waals surface area contributed by atoms with Gasteiger partial charge in [0, 0.05) is 5.56 Å². The maximum Gasteiger partial charge on any atom is 0.285 e. The van der Waals surface area contributed by atoms with Crippen LogP contribution in [0.4, 0.5) is 0 Å². The first-order chi connectivity index (χ1) is 10.9. The van der Waals surface area contributed by atoms with Gasteiger partial charge in [0.2, 0.25) is 5.90 Å². The van der Waals surface area contributed by atoms with E-state index in [0.717, 1.165) is 5.56 Å². The van der Waals surface area contributed by atoms with Crippen molar-refractivity contribution in [2.24, 2.45) is 10.3 Å². The summed E-state index contributed by atoms with van der Waals surface area (Å²) in [5.41, 5.74) is 1.64. The third-order valence-electron chi connectivity index (χ3n) is 3.10. The lowest BCUT2D eigenvalue weighted by atomic mass is 10.2. The molecule has 4 nitrogen and oxygen atoms in total. The van der Waals surface area contributed by atoms with Crippen molar-refractivity contribution >= 4 is 15.9 Å². The highest BCUT2D eigenvalue weighted by atomic mass is 32.2. The van der Waals surface area contributed by atoms with Crippen LogP contribution in [0.3, 0.4) is 0 Å². The normalized spacial score (nSPS) is 12.4. The van der Waals surface area contributed by atoms with Crippen molar-refractivity contribution in [2.45, 2.75) is 25.7 Å². The van der Waals surface area contributed by atoms with Crippen LogP contribution in [0.15, 0.2) is 63.9 Å². The van der Waals surface area contributed by atoms with Gasteiger partial charge >= 0.3 is 0 Å². The summed E-state index contributed by atoms with van der Waals surface area (Å²) in [5, 5.41) is 0. The van der Waals surface area contributed by atoms with Crippen LogP contribution in [-0.4, -0.2) is 20.9 Å². The maximum absolute atomic E-state index is 12.5.